The number of anilines is 1. The Labute approximate surface area is 139 Å². The summed E-state index contributed by atoms with van der Waals surface area (Å²) in [7, 11) is 0. The lowest BCUT2D eigenvalue weighted by Crippen LogP contribution is -2.45. The van der Waals surface area contributed by atoms with Crippen LogP contribution >= 0.6 is 23.2 Å². The molecule has 0 radical (unpaired) electrons. The van der Waals surface area contributed by atoms with Crippen molar-refractivity contribution in [2.45, 2.75) is 31.5 Å². The Morgan fingerprint density at radius 3 is 2.95 bits per heavy atom. The first-order valence-corrected chi connectivity index (χ1v) is 8.15. The summed E-state index contributed by atoms with van der Waals surface area (Å²) in [5.74, 6) is 0. The number of rotatable bonds is 2. The zero-order valence-corrected chi connectivity index (χ0v) is 13.8. The lowest BCUT2D eigenvalue weighted by molar-refractivity contribution is -0.0390. The maximum Gasteiger partial charge on any atom is 0.319 e. The van der Waals surface area contributed by atoms with Gasteiger partial charge in [-0.15, -0.1) is 0 Å². The predicted molar refractivity (Wildman–Crippen MR) is 87.8 cm³/mol. The molecule has 2 aliphatic rings. The van der Waals surface area contributed by atoms with Gasteiger partial charge in [0.05, 0.1) is 23.4 Å². The molecule has 2 aliphatic heterocycles. The van der Waals surface area contributed by atoms with E-state index in [1.807, 2.05) is 0 Å². The van der Waals surface area contributed by atoms with Crippen molar-refractivity contribution in [2.75, 3.05) is 25.0 Å². The van der Waals surface area contributed by atoms with Gasteiger partial charge in [-0.25, -0.2) is 4.79 Å². The quantitative estimate of drug-likeness (QED) is 0.867. The van der Waals surface area contributed by atoms with Gasteiger partial charge in [-0.2, -0.15) is 0 Å². The molecule has 2 saturated heterocycles. The molecular weight excluding hydrogens is 325 g/mol. The second kappa shape index (κ2) is 6.62. The third-order valence-electron chi connectivity index (χ3n) is 4.11. The number of hydrogen-bond donors (Lipinski definition) is 2. The number of nitrogens with zero attached hydrogens (tertiary/aromatic N) is 1. The Morgan fingerprint density at radius 1 is 1.36 bits per heavy atom. The van der Waals surface area contributed by atoms with Gasteiger partial charge in [-0.1, -0.05) is 23.2 Å². The number of ether oxygens (including phenoxy) is 1. The van der Waals surface area contributed by atoms with Crippen LogP contribution in [-0.4, -0.2) is 48.8 Å². The average molecular weight is 344 g/mol. The minimum Gasteiger partial charge on any atom is -0.376 e. The molecule has 0 spiro atoms. The predicted octanol–water partition coefficient (Wildman–Crippen LogP) is 2.98. The Bertz CT molecular complexity index is 570. The second-order valence-corrected chi connectivity index (χ2v) is 6.75. The standard InChI is InChI=1S/C15H19Cl2N3O2/c1-9-6-20-7-11(5-12(20)8-22-9)18-15(21)19-14-3-2-10(16)4-13(14)17/h2-4,9,11-12H,5-8H2,1H3,(H2,18,19,21)/t9-,11+,12+/m1/s1. The molecule has 1 aromatic rings. The molecule has 1 aromatic carbocycles. The van der Waals surface area contributed by atoms with Crippen LogP contribution in [0.4, 0.5) is 10.5 Å². The van der Waals surface area contributed by atoms with E-state index < -0.39 is 0 Å². The van der Waals surface area contributed by atoms with Crippen LogP contribution < -0.4 is 10.6 Å². The van der Waals surface area contributed by atoms with E-state index in [-0.39, 0.29) is 18.2 Å². The van der Waals surface area contributed by atoms with Gasteiger partial charge in [-0.05, 0) is 31.5 Å². The Kier molecular flexibility index (Phi) is 4.78. The van der Waals surface area contributed by atoms with Crippen molar-refractivity contribution in [1.29, 1.82) is 0 Å². The summed E-state index contributed by atoms with van der Waals surface area (Å²) < 4.78 is 5.67. The first kappa shape index (κ1) is 15.9. The summed E-state index contributed by atoms with van der Waals surface area (Å²) in [6, 6.07) is 5.27. The van der Waals surface area contributed by atoms with Crippen LogP contribution in [0.1, 0.15) is 13.3 Å². The number of urea groups is 1. The van der Waals surface area contributed by atoms with Crippen molar-refractivity contribution in [3.05, 3.63) is 28.2 Å². The van der Waals surface area contributed by atoms with Crippen LogP contribution in [-0.2, 0) is 4.74 Å². The SMILES string of the molecule is C[C@@H]1CN2C[C@@H](NC(=O)Nc3ccc(Cl)cc3Cl)C[C@H]2CO1. The summed E-state index contributed by atoms with van der Waals surface area (Å²) in [5.41, 5.74) is 0.552. The van der Waals surface area contributed by atoms with Crippen LogP contribution in [0.15, 0.2) is 18.2 Å². The molecule has 0 aromatic heterocycles. The number of hydrogen-bond acceptors (Lipinski definition) is 3. The summed E-state index contributed by atoms with van der Waals surface area (Å²) in [5, 5.41) is 6.73. The zero-order valence-electron chi connectivity index (χ0n) is 12.3. The lowest BCUT2D eigenvalue weighted by atomic mass is 10.1. The largest absolute Gasteiger partial charge is 0.376 e. The van der Waals surface area contributed by atoms with Crippen molar-refractivity contribution in [2.24, 2.45) is 0 Å². The van der Waals surface area contributed by atoms with E-state index in [2.05, 4.69) is 22.5 Å². The molecule has 120 valence electrons. The summed E-state index contributed by atoms with van der Waals surface area (Å²) in [6.45, 7) is 4.60. The molecule has 2 N–H and O–H groups in total. The monoisotopic (exact) mass is 343 g/mol. The van der Waals surface area contributed by atoms with Crippen LogP contribution in [0.5, 0.6) is 0 Å². The molecule has 7 heteroatoms. The zero-order chi connectivity index (χ0) is 15.7. The molecule has 0 saturated carbocycles. The molecule has 2 amide bonds. The number of morpholine rings is 1. The number of halogens is 2. The highest BCUT2D eigenvalue weighted by atomic mass is 35.5. The Morgan fingerprint density at radius 2 is 2.18 bits per heavy atom. The molecule has 0 aliphatic carbocycles. The topological polar surface area (TPSA) is 53.6 Å². The van der Waals surface area contributed by atoms with Crippen LogP contribution in [0.25, 0.3) is 0 Å². The van der Waals surface area contributed by atoms with Crippen LogP contribution in [0, 0.1) is 0 Å². The van der Waals surface area contributed by atoms with Gasteiger partial charge in [-0.3, -0.25) is 4.90 Å². The highest BCUT2D eigenvalue weighted by molar-refractivity contribution is 6.36. The number of carbonyl (C=O) groups is 1. The summed E-state index contributed by atoms with van der Waals surface area (Å²) in [6.07, 6.45) is 1.17. The summed E-state index contributed by atoms with van der Waals surface area (Å²) >= 11 is 11.9. The number of carbonyl (C=O) groups excluding carboxylic acids is 1. The Hall–Kier alpha value is -1.01. The first-order valence-electron chi connectivity index (χ1n) is 7.39. The van der Waals surface area contributed by atoms with E-state index in [1.54, 1.807) is 18.2 Å². The minimum atomic E-state index is -0.247. The van der Waals surface area contributed by atoms with E-state index in [9.17, 15) is 4.79 Å². The molecule has 5 nitrogen and oxygen atoms in total. The molecule has 3 atom stereocenters. The van der Waals surface area contributed by atoms with Crippen molar-refractivity contribution in [1.82, 2.24) is 10.2 Å². The maximum absolute atomic E-state index is 12.1. The number of amides is 2. The van der Waals surface area contributed by atoms with E-state index in [0.717, 1.165) is 26.1 Å². The first-order chi connectivity index (χ1) is 10.5. The number of fused-ring (bicyclic) bond motifs is 1. The normalized spacial score (nSPS) is 28.2. The van der Waals surface area contributed by atoms with Crippen molar-refractivity contribution >= 4 is 34.9 Å². The van der Waals surface area contributed by atoms with Gasteiger partial charge >= 0.3 is 6.03 Å². The summed E-state index contributed by atoms with van der Waals surface area (Å²) in [4.78, 5) is 14.5. The van der Waals surface area contributed by atoms with E-state index in [4.69, 9.17) is 27.9 Å². The van der Waals surface area contributed by atoms with Crippen LogP contribution in [0.2, 0.25) is 10.0 Å². The third kappa shape index (κ3) is 3.66. The molecule has 0 bridgehead atoms. The molecule has 0 unspecified atom stereocenters. The van der Waals surface area contributed by atoms with Gasteiger partial charge in [0.2, 0.25) is 0 Å². The van der Waals surface area contributed by atoms with Crippen molar-refractivity contribution < 1.29 is 9.53 Å². The smallest absolute Gasteiger partial charge is 0.319 e. The van der Waals surface area contributed by atoms with Gasteiger partial charge in [0, 0.05) is 30.2 Å². The van der Waals surface area contributed by atoms with E-state index in [0.29, 0.717) is 21.8 Å². The van der Waals surface area contributed by atoms with Gasteiger partial charge in [0.25, 0.3) is 0 Å². The number of nitrogens with one attached hydrogen (secondary N) is 2. The van der Waals surface area contributed by atoms with E-state index in [1.165, 1.54) is 0 Å². The van der Waals surface area contributed by atoms with Gasteiger partial charge < -0.3 is 15.4 Å². The minimum absolute atomic E-state index is 0.130. The highest BCUT2D eigenvalue weighted by Crippen LogP contribution is 2.26. The van der Waals surface area contributed by atoms with Gasteiger partial charge in [0.15, 0.2) is 0 Å². The fraction of sp³-hybridized carbons (Fsp3) is 0.533. The lowest BCUT2D eigenvalue weighted by Gasteiger charge is -2.33. The third-order valence-corrected chi connectivity index (χ3v) is 4.65. The fourth-order valence-corrected chi connectivity index (χ4v) is 3.53. The molecule has 2 heterocycles. The van der Waals surface area contributed by atoms with Gasteiger partial charge in [0.1, 0.15) is 0 Å². The molecular formula is C15H19Cl2N3O2. The number of benzene rings is 1. The van der Waals surface area contributed by atoms with E-state index >= 15 is 0 Å². The highest BCUT2D eigenvalue weighted by Gasteiger charge is 2.36. The molecule has 22 heavy (non-hydrogen) atoms. The Balaban J connectivity index is 1.54. The second-order valence-electron chi connectivity index (χ2n) is 5.91. The van der Waals surface area contributed by atoms with Crippen molar-refractivity contribution in [3.8, 4) is 0 Å². The molecule has 3 rings (SSSR count). The maximum atomic E-state index is 12.1. The average Bonchev–Trinajstić information content (AvgIpc) is 2.83. The fourth-order valence-electron chi connectivity index (χ4n) is 3.08. The van der Waals surface area contributed by atoms with Crippen LogP contribution in [0.3, 0.4) is 0 Å². The molecule has 2 fully saturated rings. The van der Waals surface area contributed by atoms with Crippen molar-refractivity contribution in [3.63, 3.8) is 0 Å².